The third kappa shape index (κ3) is 5.58. The lowest BCUT2D eigenvalue weighted by molar-refractivity contribution is 0.0942. The van der Waals surface area contributed by atoms with E-state index in [0.29, 0.717) is 43.9 Å². The summed E-state index contributed by atoms with van der Waals surface area (Å²) in [7, 11) is 0. The molecule has 2 heterocycles. The van der Waals surface area contributed by atoms with Crippen LogP contribution in [0.2, 0.25) is 0 Å². The summed E-state index contributed by atoms with van der Waals surface area (Å²) in [5, 5.41) is 7.25. The van der Waals surface area contributed by atoms with E-state index in [1.165, 1.54) is 6.07 Å². The van der Waals surface area contributed by atoms with Crippen LogP contribution in [0.5, 0.6) is 5.75 Å². The van der Waals surface area contributed by atoms with E-state index in [1.54, 1.807) is 18.3 Å². The van der Waals surface area contributed by atoms with Gasteiger partial charge in [-0.15, -0.1) is 0 Å². The highest BCUT2D eigenvalue weighted by atomic mass is 19.1. The molecule has 0 saturated carbocycles. The van der Waals surface area contributed by atoms with Gasteiger partial charge in [-0.1, -0.05) is 48.5 Å². The molecule has 0 fully saturated rings. The smallest absolute Gasteiger partial charge is 0.251 e. The first-order chi connectivity index (χ1) is 17.2. The van der Waals surface area contributed by atoms with E-state index in [1.807, 2.05) is 71.5 Å². The van der Waals surface area contributed by atoms with Gasteiger partial charge in [-0.2, -0.15) is 5.10 Å². The molecular weight excluding hydrogens is 443 g/mol. The highest BCUT2D eigenvalue weighted by Gasteiger charge is 2.26. The van der Waals surface area contributed by atoms with E-state index in [0.717, 1.165) is 16.9 Å². The molecule has 7 heteroatoms. The van der Waals surface area contributed by atoms with E-state index >= 15 is 0 Å². The lowest BCUT2D eigenvalue weighted by Gasteiger charge is -2.24. The zero-order valence-corrected chi connectivity index (χ0v) is 19.3. The fourth-order valence-electron chi connectivity index (χ4n) is 4.37. The van der Waals surface area contributed by atoms with Gasteiger partial charge < -0.3 is 10.1 Å². The average Bonchev–Trinajstić information content (AvgIpc) is 3.30. The van der Waals surface area contributed by atoms with E-state index in [4.69, 9.17) is 4.74 Å². The minimum absolute atomic E-state index is 0.121. The summed E-state index contributed by atoms with van der Waals surface area (Å²) in [6.07, 6.45) is 3.19. The normalized spacial score (nSPS) is 15.6. The van der Waals surface area contributed by atoms with Crippen LogP contribution in [0.1, 0.15) is 33.2 Å². The predicted octanol–water partition coefficient (Wildman–Crippen LogP) is 4.44. The second kappa shape index (κ2) is 10.5. The minimum Gasteiger partial charge on any atom is -0.484 e. The maximum atomic E-state index is 14.5. The summed E-state index contributed by atoms with van der Waals surface area (Å²) in [6, 6.07) is 24.0. The summed E-state index contributed by atoms with van der Waals surface area (Å²) in [5.41, 5.74) is 3.20. The summed E-state index contributed by atoms with van der Waals surface area (Å²) in [6.45, 7) is 2.87. The molecule has 1 N–H and O–H groups in total. The van der Waals surface area contributed by atoms with Crippen molar-refractivity contribution in [3.8, 4) is 5.75 Å². The van der Waals surface area contributed by atoms with Crippen molar-refractivity contribution in [2.24, 2.45) is 0 Å². The zero-order chi connectivity index (χ0) is 24.0. The van der Waals surface area contributed by atoms with E-state index < -0.39 is 6.10 Å². The third-order valence-electron chi connectivity index (χ3n) is 6.12. The zero-order valence-electron chi connectivity index (χ0n) is 19.3. The topological polar surface area (TPSA) is 59.4 Å². The van der Waals surface area contributed by atoms with E-state index in [9.17, 15) is 9.18 Å². The van der Waals surface area contributed by atoms with Gasteiger partial charge in [0.05, 0.1) is 6.54 Å². The van der Waals surface area contributed by atoms with Gasteiger partial charge in [0.25, 0.3) is 5.91 Å². The molecule has 1 atom stereocenters. The fraction of sp³-hybridized carbons (Fsp3) is 0.214. The Morgan fingerprint density at radius 2 is 1.91 bits per heavy atom. The van der Waals surface area contributed by atoms with Crippen molar-refractivity contribution in [3.05, 3.63) is 119 Å². The highest BCUT2D eigenvalue weighted by Crippen LogP contribution is 2.31. The Labute approximate surface area is 204 Å². The predicted molar refractivity (Wildman–Crippen MR) is 132 cm³/mol. The largest absolute Gasteiger partial charge is 0.484 e. The maximum absolute atomic E-state index is 14.5. The molecule has 1 amide bonds. The molecule has 0 bridgehead atoms. The van der Waals surface area contributed by atoms with Crippen LogP contribution in [-0.4, -0.2) is 40.2 Å². The molecular formula is C28H27FN4O2. The quantitative estimate of drug-likeness (QED) is 0.434. The number of hydrogen-bond acceptors (Lipinski definition) is 4. The minimum atomic E-state index is -0.436. The molecule has 178 valence electrons. The van der Waals surface area contributed by atoms with Gasteiger partial charge in [0.2, 0.25) is 0 Å². The summed E-state index contributed by atoms with van der Waals surface area (Å²) in [4.78, 5) is 15.0. The Hall–Kier alpha value is -3.97. The molecule has 0 aliphatic carbocycles. The van der Waals surface area contributed by atoms with Crippen LogP contribution in [0.3, 0.4) is 0 Å². The molecule has 0 radical (unpaired) electrons. The van der Waals surface area contributed by atoms with E-state index in [-0.39, 0.29) is 11.7 Å². The Morgan fingerprint density at radius 1 is 1.06 bits per heavy atom. The Balaban J connectivity index is 1.24. The van der Waals surface area contributed by atoms with Crippen molar-refractivity contribution < 1.29 is 13.9 Å². The van der Waals surface area contributed by atoms with Gasteiger partial charge in [-0.3, -0.25) is 14.4 Å². The van der Waals surface area contributed by atoms with Crippen molar-refractivity contribution in [3.63, 3.8) is 0 Å². The van der Waals surface area contributed by atoms with Gasteiger partial charge in [0.15, 0.2) is 0 Å². The van der Waals surface area contributed by atoms with Crippen LogP contribution in [0, 0.1) is 5.82 Å². The van der Waals surface area contributed by atoms with Crippen LogP contribution in [0.4, 0.5) is 4.39 Å². The fourth-order valence-corrected chi connectivity index (χ4v) is 4.37. The second-order valence-corrected chi connectivity index (χ2v) is 8.63. The number of hydrogen-bond donors (Lipinski definition) is 1. The van der Waals surface area contributed by atoms with Crippen molar-refractivity contribution in [1.82, 2.24) is 20.0 Å². The Morgan fingerprint density at radius 3 is 2.77 bits per heavy atom. The standard InChI is InChI=1S/C28H27FN4O2/c29-25-11-3-2-10-24(25)27-20-32(19-23-8-1-4-12-26(23)35-27)16-14-30-28(34)22-9-5-7-21(17-22)18-33-15-6-13-31-33/h1-13,15,17,27H,14,16,18-20H2,(H,30,34)/t27-/m0/s1. The number of carbonyl (C=O) groups excluding carboxylic acids is 1. The summed E-state index contributed by atoms with van der Waals surface area (Å²) < 4.78 is 22.6. The number of ether oxygens (including phenoxy) is 1. The number of fused-ring (bicyclic) bond motifs is 1. The molecule has 0 saturated heterocycles. The number of benzene rings is 3. The van der Waals surface area contributed by atoms with Crippen LogP contribution < -0.4 is 10.1 Å². The SMILES string of the molecule is O=C(NCCN1Cc2ccccc2O[C@H](c2ccccc2F)C1)c1cccc(Cn2cccn2)c1. The number of halogens is 1. The van der Waals surface area contributed by atoms with Gasteiger partial charge in [0.1, 0.15) is 17.7 Å². The molecule has 1 aromatic heterocycles. The number of aromatic nitrogens is 2. The number of nitrogens with one attached hydrogen (secondary N) is 1. The van der Waals surface area contributed by atoms with Crippen molar-refractivity contribution in [2.45, 2.75) is 19.2 Å². The molecule has 6 nitrogen and oxygen atoms in total. The number of amides is 1. The maximum Gasteiger partial charge on any atom is 0.251 e. The molecule has 1 aliphatic rings. The monoisotopic (exact) mass is 470 g/mol. The van der Waals surface area contributed by atoms with Crippen molar-refractivity contribution in [2.75, 3.05) is 19.6 Å². The van der Waals surface area contributed by atoms with Crippen LogP contribution in [-0.2, 0) is 13.1 Å². The lowest BCUT2D eigenvalue weighted by Crippen LogP contribution is -2.36. The van der Waals surface area contributed by atoms with Gasteiger partial charge in [0, 0.05) is 55.3 Å². The van der Waals surface area contributed by atoms with Crippen LogP contribution >= 0.6 is 0 Å². The van der Waals surface area contributed by atoms with Gasteiger partial charge in [-0.25, -0.2) is 4.39 Å². The molecule has 0 unspecified atom stereocenters. The number of para-hydroxylation sites is 1. The van der Waals surface area contributed by atoms with Crippen molar-refractivity contribution >= 4 is 5.91 Å². The summed E-state index contributed by atoms with van der Waals surface area (Å²) >= 11 is 0. The third-order valence-corrected chi connectivity index (χ3v) is 6.12. The molecule has 3 aromatic carbocycles. The van der Waals surface area contributed by atoms with Crippen molar-refractivity contribution in [1.29, 1.82) is 0 Å². The van der Waals surface area contributed by atoms with Gasteiger partial charge >= 0.3 is 0 Å². The van der Waals surface area contributed by atoms with Crippen LogP contribution in [0.15, 0.2) is 91.3 Å². The first kappa shape index (κ1) is 22.8. The molecule has 35 heavy (non-hydrogen) atoms. The summed E-state index contributed by atoms with van der Waals surface area (Å²) in [5.74, 6) is 0.367. The first-order valence-corrected chi connectivity index (χ1v) is 11.7. The average molecular weight is 471 g/mol. The van der Waals surface area contributed by atoms with Gasteiger partial charge in [-0.05, 0) is 35.9 Å². The molecule has 1 aliphatic heterocycles. The molecule has 4 aromatic rings. The highest BCUT2D eigenvalue weighted by molar-refractivity contribution is 5.94. The van der Waals surface area contributed by atoms with E-state index in [2.05, 4.69) is 15.3 Å². The van der Waals surface area contributed by atoms with Crippen LogP contribution in [0.25, 0.3) is 0 Å². The number of rotatable bonds is 7. The molecule has 5 rings (SSSR count). The Kier molecular flexibility index (Phi) is 6.86. The molecule has 0 spiro atoms. The number of carbonyl (C=O) groups is 1. The first-order valence-electron chi connectivity index (χ1n) is 11.7. The number of nitrogens with zero attached hydrogens (tertiary/aromatic N) is 3. The second-order valence-electron chi connectivity index (χ2n) is 8.63. The Bertz CT molecular complexity index is 1290. The lowest BCUT2D eigenvalue weighted by atomic mass is 10.1.